The fourth-order valence-corrected chi connectivity index (χ4v) is 3.27. The van der Waals surface area contributed by atoms with E-state index in [4.69, 9.17) is 4.98 Å². The molecule has 2 rings (SSSR count). The van der Waals surface area contributed by atoms with Crippen LogP contribution in [0.15, 0.2) is 24.3 Å². The van der Waals surface area contributed by atoms with E-state index >= 15 is 0 Å². The lowest BCUT2D eigenvalue weighted by molar-refractivity contribution is -0.125. The van der Waals surface area contributed by atoms with Gasteiger partial charge in [-0.1, -0.05) is 32.4 Å². The summed E-state index contributed by atoms with van der Waals surface area (Å²) in [5.74, 6) is 1.57. The Balaban J connectivity index is 1.74. The SMILES string of the molecule is CCC(CC)C(=O)NCCCCCc1nc2ccccc2n1CC. The predicted octanol–water partition coefficient (Wildman–Crippen LogP) is 4.32. The first-order valence-corrected chi connectivity index (χ1v) is 9.43. The Hall–Kier alpha value is -1.84. The average molecular weight is 329 g/mol. The first-order valence-electron chi connectivity index (χ1n) is 9.43. The van der Waals surface area contributed by atoms with Crippen LogP contribution in [0.3, 0.4) is 0 Å². The zero-order valence-corrected chi connectivity index (χ0v) is 15.3. The van der Waals surface area contributed by atoms with E-state index in [1.54, 1.807) is 0 Å². The summed E-state index contributed by atoms with van der Waals surface area (Å²) in [5, 5.41) is 3.07. The molecule has 0 unspecified atom stereocenters. The molecule has 0 saturated heterocycles. The van der Waals surface area contributed by atoms with Gasteiger partial charge in [0.1, 0.15) is 5.82 Å². The highest BCUT2D eigenvalue weighted by molar-refractivity contribution is 5.78. The second-order valence-electron chi connectivity index (χ2n) is 6.38. The molecule has 1 aromatic carbocycles. The Labute approximate surface area is 145 Å². The van der Waals surface area contributed by atoms with Crippen molar-refractivity contribution in [1.29, 1.82) is 0 Å². The van der Waals surface area contributed by atoms with Crippen molar-refractivity contribution in [3.05, 3.63) is 30.1 Å². The number of amides is 1. The van der Waals surface area contributed by atoms with Gasteiger partial charge in [-0.25, -0.2) is 4.98 Å². The number of para-hydroxylation sites is 2. The van der Waals surface area contributed by atoms with Crippen LogP contribution in [0.2, 0.25) is 0 Å². The van der Waals surface area contributed by atoms with Gasteiger partial charge >= 0.3 is 0 Å². The molecule has 132 valence electrons. The van der Waals surface area contributed by atoms with Crippen LogP contribution in [-0.2, 0) is 17.8 Å². The van der Waals surface area contributed by atoms with Crippen LogP contribution in [0.25, 0.3) is 11.0 Å². The lowest BCUT2D eigenvalue weighted by Crippen LogP contribution is -2.30. The number of benzene rings is 1. The minimum atomic E-state index is 0.175. The van der Waals surface area contributed by atoms with Crippen LogP contribution in [-0.4, -0.2) is 22.0 Å². The van der Waals surface area contributed by atoms with Crippen molar-refractivity contribution in [2.45, 2.75) is 65.8 Å². The molecule has 1 N–H and O–H groups in total. The number of rotatable bonds is 10. The summed E-state index contributed by atoms with van der Waals surface area (Å²) >= 11 is 0. The van der Waals surface area contributed by atoms with E-state index in [-0.39, 0.29) is 11.8 Å². The molecule has 0 aliphatic carbocycles. The number of unbranched alkanes of at least 4 members (excludes halogenated alkanes) is 2. The normalized spacial score (nSPS) is 11.3. The molecule has 0 bridgehead atoms. The van der Waals surface area contributed by atoms with Gasteiger partial charge in [0.15, 0.2) is 0 Å². The zero-order valence-electron chi connectivity index (χ0n) is 15.3. The van der Waals surface area contributed by atoms with Crippen molar-refractivity contribution in [3.8, 4) is 0 Å². The summed E-state index contributed by atoms with van der Waals surface area (Å²) in [4.78, 5) is 16.7. The van der Waals surface area contributed by atoms with Crippen LogP contribution in [0, 0.1) is 5.92 Å². The molecule has 1 heterocycles. The second-order valence-corrected chi connectivity index (χ2v) is 6.38. The van der Waals surface area contributed by atoms with Crippen molar-refractivity contribution < 1.29 is 4.79 Å². The van der Waals surface area contributed by atoms with E-state index in [9.17, 15) is 4.79 Å². The summed E-state index contributed by atoms with van der Waals surface area (Å²) in [6, 6.07) is 8.34. The van der Waals surface area contributed by atoms with Crippen molar-refractivity contribution in [2.75, 3.05) is 6.54 Å². The van der Waals surface area contributed by atoms with Gasteiger partial charge in [-0.15, -0.1) is 0 Å². The quantitative estimate of drug-likeness (QED) is 0.660. The number of hydrogen-bond acceptors (Lipinski definition) is 2. The fourth-order valence-electron chi connectivity index (χ4n) is 3.27. The topological polar surface area (TPSA) is 46.9 Å². The van der Waals surface area contributed by atoms with Gasteiger partial charge in [-0.2, -0.15) is 0 Å². The summed E-state index contributed by atoms with van der Waals surface area (Å²) in [7, 11) is 0. The Bertz CT molecular complexity index is 643. The number of carbonyl (C=O) groups is 1. The zero-order chi connectivity index (χ0) is 17.4. The third kappa shape index (κ3) is 4.59. The van der Waals surface area contributed by atoms with Gasteiger partial charge in [0.05, 0.1) is 11.0 Å². The van der Waals surface area contributed by atoms with E-state index in [2.05, 4.69) is 48.9 Å². The lowest BCUT2D eigenvalue weighted by atomic mass is 10.0. The van der Waals surface area contributed by atoms with Gasteiger partial charge in [-0.3, -0.25) is 4.79 Å². The number of fused-ring (bicyclic) bond motifs is 1. The molecule has 1 aromatic heterocycles. The van der Waals surface area contributed by atoms with E-state index in [0.717, 1.165) is 57.1 Å². The minimum Gasteiger partial charge on any atom is -0.356 e. The summed E-state index contributed by atoms with van der Waals surface area (Å²) in [6.45, 7) is 8.08. The van der Waals surface area contributed by atoms with Crippen LogP contribution in [0.5, 0.6) is 0 Å². The monoisotopic (exact) mass is 329 g/mol. The van der Waals surface area contributed by atoms with Crippen molar-refractivity contribution >= 4 is 16.9 Å². The molecule has 0 spiro atoms. The Kier molecular flexibility index (Phi) is 7.29. The third-order valence-electron chi connectivity index (χ3n) is 4.78. The molecular weight excluding hydrogens is 298 g/mol. The molecule has 0 atom stereocenters. The highest BCUT2D eigenvalue weighted by atomic mass is 16.1. The Morgan fingerprint density at radius 2 is 1.88 bits per heavy atom. The fraction of sp³-hybridized carbons (Fsp3) is 0.600. The number of aromatic nitrogens is 2. The molecule has 0 radical (unpaired) electrons. The number of hydrogen-bond donors (Lipinski definition) is 1. The summed E-state index contributed by atoms with van der Waals surface area (Å²) in [5.41, 5.74) is 2.32. The first kappa shape index (κ1) is 18.5. The summed E-state index contributed by atoms with van der Waals surface area (Å²) < 4.78 is 2.31. The molecule has 0 aliphatic rings. The lowest BCUT2D eigenvalue weighted by Gasteiger charge is -2.12. The van der Waals surface area contributed by atoms with E-state index in [1.165, 1.54) is 11.3 Å². The van der Waals surface area contributed by atoms with Gasteiger partial charge < -0.3 is 9.88 Å². The molecule has 2 aromatic rings. The van der Waals surface area contributed by atoms with Crippen LogP contribution in [0.1, 0.15) is 58.7 Å². The van der Waals surface area contributed by atoms with Crippen molar-refractivity contribution in [2.24, 2.45) is 5.92 Å². The Morgan fingerprint density at radius 3 is 2.58 bits per heavy atom. The second kappa shape index (κ2) is 9.45. The molecule has 4 nitrogen and oxygen atoms in total. The molecule has 0 saturated carbocycles. The smallest absolute Gasteiger partial charge is 0.223 e. The highest BCUT2D eigenvalue weighted by Gasteiger charge is 2.13. The van der Waals surface area contributed by atoms with E-state index in [1.807, 2.05) is 6.07 Å². The van der Waals surface area contributed by atoms with Crippen LogP contribution >= 0.6 is 0 Å². The van der Waals surface area contributed by atoms with E-state index in [0.29, 0.717) is 0 Å². The maximum absolute atomic E-state index is 11.9. The molecule has 24 heavy (non-hydrogen) atoms. The maximum atomic E-state index is 11.9. The standard InChI is InChI=1S/C20H31N3O/c1-4-16(5-2)20(24)21-15-11-7-8-14-19-22-17-12-9-10-13-18(17)23(19)6-3/h9-10,12-13,16H,4-8,11,14-15H2,1-3H3,(H,21,24). The van der Waals surface area contributed by atoms with Gasteiger partial charge in [0.2, 0.25) is 5.91 Å². The largest absolute Gasteiger partial charge is 0.356 e. The molecular formula is C20H31N3O. The van der Waals surface area contributed by atoms with E-state index < -0.39 is 0 Å². The molecule has 1 amide bonds. The number of aryl methyl sites for hydroxylation is 2. The van der Waals surface area contributed by atoms with Crippen molar-refractivity contribution in [1.82, 2.24) is 14.9 Å². The van der Waals surface area contributed by atoms with Gasteiger partial charge in [0.25, 0.3) is 0 Å². The number of nitrogens with one attached hydrogen (secondary N) is 1. The maximum Gasteiger partial charge on any atom is 0.223 e. The van der Waals surface area contributed by atoms with Crippen LogP contribution in [0.4, 0.5) is 0 Å². The first-order chi connectivity index (χ1) is 11.7. The van der Waals surface area contributed by atoms with Gasteiger partial charge in [-0.05, 0) is 44.7 Å². The van der Waals surface area contributed by atoms with Gasteiger partial charge in [0, 0.05) is 25.4 Å². The molecule has 4 heteroatoms. The Morgan fingerprint density at radius 1 is 1.12 bits per heavy atom. The number of imidazole rings is 1. The number of carbonyl (C=O) groups excluding carboxylic acids is 1. The highest BCUT2D eigenvalue weighted by Crippen LogP contribution is 2.17. The average Bonchev–Trinajstić information content (AvgIpc) is 2.96. The number of nitrogens with zero attached hydrogens (tertiary/aromatic N) is 2. The molecule has 0 aliphatic heterocycles. The summed E-state index contributed by atoms with van der Waals surface area (Å²) in [6.07, 6.45) is 6.13. The van der Waals surface area contributed by atoms with Crippen molar-refractivity contribution in [3.63, 3.8) is 0 Å². The molecule has 0 fully saturated rings. The van der Waals surface area contributed by atoms with Crippen LogP contribution < -0.4 is 5.32 Å². The third-order valence-corrected chi connectivity index (χ3v) is 4.78. The minimum absolute atomic E-state index is 0.175. The predicted molar refractivity (Wildman–Crippen MR) is 100 cm³/mol.